The van der Waals surface area contributed by atoms with Crippen LogP contribution in [0.25, 0.3) is 0 Å². The first kappa shape index (κ1) is 11.5. The molecule has 16 heavy (non-hydrogen) atoms. The number of hydrogen-bond donors (Lipinski definition) is 1. The molecule has 0 radical (unpaired) electrons. The predicted octanol–water partition coefficient (Wildman–Crippen LogP) is 2.90. The summed E-state index contributed by atoms with van der Waals surface area (Å²) < 4.78 is 27.0. The highest BCUT2D eigenvalue weighted by Crippen LogP contribution is 2.51. The minimum atomic E-state index is -0.422. The first-order valence-electron chi connectivity index (χ1n) is 5.69. The monoisotopic (exact) mass is 225 g/mol. The molecule has 2 rings (SSSR count). The van der Waals surface area contributed by atoms with Crippen molar-refractivity contribution < 1.29 is 8.78 Å². The summed E-state index contributed by atoms with van der Waals surface area (Å²) in [5.41, 5.74) is 0.291. The van der Waals surface area contributed by atoms with E-state index in [1.165, 1.54) is 18.2 Å². The highest BCUT2D eigenvalue weighted by molar-refractivity contribution is 5.23. The second-order valence-electron chi connectivity index (χ2n) is 4.75. The first-order chi connectivity index (χ1) is 7.59. The average Bonchev–Trinajstić information content (AvgIpc) is 3.04. The van der Waals surface area contributed by atoms with Gasteiger partial charge in [0.15, 0.2) is 0 Å². The third-order valence-electron chi connectivity index (χ3n) is 3.83. The molecule has 1 atom stereocenters. The zero-order valence-electron chi connectivity index (χ0n) is 9.69. The summed E-state index contributed by atoms with van der Waals surface area (Å²) in [4.78, 5) is 0. The molecule has 0 spiro atoms. The maximum absolute atomic E-state index is 13.5. The molecule has 1 saturated carbocycles. The second kappa shape index (κ2) is 4.13. The van der Waals surface area contributed by atoms with Crippen molar-refractivity contribution in [3.8, 4) is 0 Å². The van der Waals surface area contributed by atoms with Gasteiger partial charge in [-0.25, -0.2) is 8.78 Å². The van der Waals surface area contributed by atoms with E-state index in [1.54, 1.807) is 0 Å². The van der Waals surface area contributed by atoms with Gasteiger partial charge < -0.3 is 5.32 Å². The van der Waals surface area contributed by atoms with Gasteiger partial charge in [-0.2, -0.15) is 0 Å². The van der Waals surface area contributed by atoms with Gasteiger partial charge in [-0.1, -0.05) is 6.07 Å². The van der Waals surface area contributed by atoms with Crippen molar-refractivity contribution in [3.05, 3.63) is 35.4 Å². The standard InChI is InChI=1S/C13H17F2N/c1-9(16-2)13(6-7-13)8-10-11(14)4-3-5-12(10)15/h3-5,9,16H,6-8H2,1-2H3. The molecule has 0 aromatic heterocycles. The van der Waals surface area contributed by atoms with Crippen molar-refractivity contribution in [2.45, 2.75) is 32.2 Å². The molecule has 3 heteroatoms. The van der Waals surface area contributed by atoms with Gasteiger partial charge in [-0.05, 0) is 50.8 Å². The molecule has 0 heterocycles. The van der Waals surface area contributed by atoms with E-state index in [1.807, 2.05) is 7.05 Å². The van der Waals surface area contributed by atoms with Gasteiger partial charge >= 0.3 is 0 Å². The van der Waals surface area contributed by atoms with E-state index in [4.69, 9.17) is 0 Å². The molecule has 1 unspecified atom stereocenters. The zero-order chi connectivity index (χ0) is 11.8. The van der Waals surface area contributed by atoms with Crippen molar-refractivity contribution in [1.29, 1.82) is 0 Å². The minimum absolute atomic E-state index is 0.0534. The van der Waals surface area contributed by atoms with Crippen LogP contribution < -0.4 is 5.32 Å². The van der Waals surface area contributed by atoms with Crippen molar-refractivity contribution in [3.63, 3.8) is 0 Å². The maximum atomic E-state index is 13.5. The predicted molar refractivity (Wildman–Crippen MR) is 60.3 cm³/mol. The summed E-state index contributed by atoms with van der Waals surface area (Å²) in [6.45, 7) is 2.08. The Labute approximate surface area is 94.9 Å². The van der Waals surface area contributed by atoms with E-state index in [0.29, 0.717) is 12.5 Å². The fourth-order valence-corrected chi connectivity index (χ4v) is 2.28. The lowest BCUT2D eigenvalue weighted by Gasteiger charge is -2.23. The van der Waals surface area contributed by atoms with Crippen LogP contribution in [0.4, 0.5) is 8.78 Å². The number of halogens is 2. The second-order valence-corrected chi connectivity index (χ2v) is 4.75. The summed E-state index contributed by atoms with van der Waals surface area (Å²) in [7, 11) is 1.89. The SMILES string of the molecule is CNC(C)C1(Cc2c(F)cccc2F)CC1. The first-order valence-corrected chi connectivity index (χ1v) is 5.69. The molecule has 0 saturated heterocycles. The Hall–Kier alpha value is -0.960. The van der Waals surface area contributed by atoms with E-state index in [0.717, 1.165) is 12.8 Å². The van der Waals surface area contributed by atoms with E-state index >= 15 is 0 Å². The van der Waals surface area contributed by atoms with Crippen LogP contribution in [0.1, 0.15) is 25.3 Å². The van der Waals surface area contributed by atoms with Gasteiger partial charge in [0.1, 0.15) is 11.6 Å². The quantitative estimate of drug-likeness (QED) is 0.830. The zero-order valence-corrected chi connectivity index (χ0v) is 9.69. The van der Waals surface area contributed by atoms with Crippen LogP contribution >= 0.6 is 0 Å². The van der Waals surface area contributed by atoms with Gasteiger partial charge in [0.25, 0.3) is 0 Å². The number of hydrogen-bond acceptors (Lipinski definition) is 1. The molecule has 1 nitrogen and oxygen atoms in total. The third-order valence-corrected chi connectivity index (χ3v) is 3.83. The molecule has 1 aromatic rings. The topological polar surface area (TPSA) is 12.0 Å². The maximum Gasteiger partial charge on any atom is 0.129 e. The summed E-state index contributed by atoms with van der Waals surface area (Å²) in [5.74, 6) is -0.843. The molecule has 1 aromatic carbocycles. The Bertz CT molecular complexity index is 365. The molecule has 1 fully saturated rings. The van der Waals surface area contributed by atoms with Crippen LogP contribution in [0.15, 0.2) is 18.2 Å². The molecule has 1 aliphatic rings. The van der Waals surface area contributed by atoms with Gasteiger partial charge in [0.05, 0.1) is 0 Å². The van der Waals surface area contributed by atoms with Gasteiger partial charge in [-0.3, -0.25) is 0 Å². The van der Waals surface area contributed by atoms with Crippen molar-refractivity contribution in [2.24, 2.45) is 5.41 Å². The van der Waals surface area contributed by atoms with Crippen molar-refractivity contribution in [1.82, 2.24) is 5.32 Å². The lowest BCUT2D eigenvalue weighted by atomic mass is 9.89. The molecule has 1 aliphatic carbocycles. The van der Waals surface area contributed by atoms with E-state index < -0.39 is 11.6 Å². The van der Waals surface area contributed by atoms with Gasteiger partial charge in [-0.15, -0.1) is 0 Å². The number of benzene rings is 1. The van der Waals surface area contributed by atoms with Crippen LogP contribution in [0, 0.1) is 17.0 Å². The molecular weight excluding hydrogens is 208 g/mol. The van der Waals surface area contributed by atoms with E-state index in [2.05, 4.69) is 12.2 Å². The minimum Gasteiger partial charge on any atom is -0.317 e. The van der Waals surface area contributed by atoms with Crippen LogP contribution in [-0.4, -0.2) is 13.1 Å². The van der Waals surface area contributed by atoms with Crippen LogP contribution in [0.2, 0.25) is 0 Å². The van der Waals surface area contributed by atoms with Gasteiger partial charge in [0.2, 0.25) is 0 Å². The summed E-state index contributed by atoms with van der Waals surface area (Å²) in [6.07, 6.45) is 2.58. The Morgan fingerprint density at radius 1 is 1.31 bits per heavy atom. The lowest BCUT2D eigenvalue weighted by Crippen LogP contribution is -2.33. The van der Waals surface area contributed by atoms with Crippen molar-refractivity contribution in [2.75, 3.05) is 7.05 Å². The summed E-state index contributed by atoms with van der Waals surface area (Å²) in [6, 6.07) is 4.37. The number of nitrogens with one attached hydrogen (secondary N) is 1. The molecule has 1 N–H and O–H groups in total. The largest absolute Gasteiger partial charge is 0.317 e. The summed E-state index contributed by atoms with van der Waals surface area (Å²) in [5, 5.41) is 3.18. The molecule has 0 aliphatic heterocycles. The fraction of sp³-hybridized carbons (Fsp3) is 0.538. The molecule has 0 bridgehead atoms. The highest BCUT2D eigenvalue weighted by Gasteiger charge is 2.47. The van der Waals surface area contributed by atoms with Crippen LogP contribution in [-0.2, 0) is 6.42 Å². The Kier molecular flexibility index (Phi) is 2.98. The van der Waals surface area contributed by atoms with Crippen molar-refractivity contribution >= 4 is 0 Å². The third kappa shape index (κ3) is 1.96. The Balaban J connectivity index is 2.21. The average molecular weight is 225 g/mol. The smallest absolute Gasteiger partial charge is 0.129 e. The highest BCUT2D eigenvalue weighted by atomic mass is 19.1. The molecular formula is C13H17F2N. The normalized spacial score (nSPS) is 19.5. The fourth-order valence-electron chi connectivity index (χ4n) is 2.28. The molecule has 0 amide bonds. The Morgan fingerprint density at radius 3 is 2.31 bits per heavy atom. The van der Waals surface area contributed by atoms with Crippen LogP contribution in [0.5, 0.6) is 0 Å². The molecule has 88 valence electrons. The Morgan fingerprint density at radius 2 is 1.88 bits per heavy atom. The van der Waals surface area contributed by atoms with Crippen LogP contribution in [0.3, 0.4) is 0 Å². The van der Waals surface area contributed by atoms with Gasteiger partial charge in [0, 0.05) is 11.6 Å². The number of rotatable bonds is 4. The van der Waals surface area contributed by atoms with E-state index in [-0.39, 0.29) is 11.0 Å². The summed E-state index contributed by atoms with van der Waals surface area (Å²) >= 11 is 0. The lowest BCUT2D eigenvalue weighted by molar-refractivity contribution is 0.358. The van der Waals surface area contributed by atoms with E-state index in [9.17, 15) is 8.78 Å².